The standard InChI is InChI=1S/C26H23Cl2N7O4S/c1-3-22-30-34(25(37)19-10-21-18(35(19)22)7-8-40-21)13-23(36)32-11-14(9-20(32)26(38)39-2)33-12-17(29-31-33)15-5-4-6-16(27)24(15)28/h4-8,10,12,14,20H,3,9,11,13H2,1-2H3/t14-,20+/m1/s1. The molecule has 0 bridgehead atoms. The lowest BCUT2D eigenvalue weighted by atomic mass is 10.1. The van der Waals surface area contributed by atoms with Gasteiger partial charge >= 0.3 is 5.97 Å². The fourth-order valence-corrected chi connectivity index (χ4v) is 6.40. The fraction of sp³-hybridized carbons (Fsp3) is 0.308. The molecule has 5 aromatic rings. The number of hydrogen-bond acceptors (Lipinski definition) is 8. The summed E-state index contributed by atoms with van der Waals surface area (Å²) in [5.74, 6) is -0.314. The lowest BCUT2D eigenvalue weighted by molar-refractivity contribution is -0.151. The number of halogens is 2. The van der Waals surface area contributed by atoms with E-state index in [4.69, 9.17) is 27.9 Å². The maximum Gasteiger partial charge on any atom is 0.328 e. The van der Waals surface area contributed by atoms with Crippen LogP contribution in [0.2, 0.25) is 10.0 Å². The Bertz CT molecular complexity index is 1840. The minimum atomic E-state index is -0.853. The van der Waals surface area contributed by atoms with Gasteiger partial charge in [-0.3, -0.25) is 14.0 Å². The van der Waals surface area contributed by atoms with Crippen molar-refractivity contribution in [1.82, 2.24) is 34.1 Å². The third-order valence-corrected chi connectivity index (χ3v) is 8.83. The van der Waals surface area contributed by atoms with Crippen LogP contribution < -0.4 is 5.56 Å². The minimum Gasteiger partial charge on any atom is -0.467 e. The van der Waals surface area contributed by atoms with Crippen molar-refractivity contribution in [2.45, 2.75) is 38.4 Å². The Hall–Kier alpha value is -3.74. The number of nitrogens with zero attached hydrogens (tertiary/aromatic N) is 7. The summed E-state index contributed by atoms with van der Waals surface area (Å²) in [5, 5.41) is 15.7. The van der Waals surface area contributed by atoms with Gasteiger partial charge in [0.25, 0.3) is 5.56 Å². The zero-order valence-electron chi connectivity index (χ0n) is 21.5. The monoisotopic (exact) mass is 599 g/mol. The first kappa shape index (κ1) is 26.5. The van der Waals surface area contributed by atoms with Crippen LogP contribution in [0.25, 0.3) is 27.0 Å². The molecule has 0 unspecified atom stereocenters. The van der Waals surface area contributed by atoms with E-state index in [1.54, 1.807) is 29.1 Å². The van der Waals surface area contributed by atoms with Gasteiger partial charge in [0.15, 0.2) is 0 Å². The maximum atomic E-state index is 13.6. The average Bonchev–Trinajstić information content (AvgIpc) is 3.74. The molecule has 5 heterocycles. The van der Waals surface area contributed by atoms with Crippen LogP contribution in [-0.4, -0.2) is 65.6 Å². The normalized spacial score (nSPS) is 17.2. The fourth-order valence-electron chi connectivity index (χ4n) is 5.20. The molecule has 40 heavy (non-hydrogen) atoms. The second-order valence-electron chi connectivity index (χ2n) is 9.43. The highest BCUT2D eigenvalue weighted by Gasteiger charge is 2.42. The summed E-state index contributed by atoms with van der Waals surface area (Å²) in [5.41, 5.74) is 2.13. The number of thiophene rings is 1. The number of methoxy groups -OCH3 is 1. The van der Waals surface area contributed by atoms with Crippen LogP contribution >= 0.6 is 34.5 Å². The molecule has 0 radical (unpaired) electrons. The van der Waals surface area contributed by atoms with Crippen molar-refractivity contribution >= 4 is 62.1 Å². The number of likely N-dealkylation sites (tertiary alicyclic amines) is 1. The summed E-state index contributed by atoms with van der Waals surface area (Å²) in [7, 11) is 1.28. The van der Waals surface area contributed by atoms with Crippen LogP contribution in [0.15, 0.2) is 46.7 Å². The lowest BCUT2D eigenvalue weighted by Crippen LogP contribution is -2.44. The number of aromatic nitrogens is 6. The molecule has 14 heteroatoms. The second-order valence-corrected chi connectivity index (χ2v) is 11.2. The van der Waals surface area contributed by atoms with Gasteiger partial charge < -0.3 is 9.64 Å². The van der Waals surface area contributed by atoms with Gasteiger partial charge in [-0.05, 0) is 23.6 Å². The molecule has 4 aromatic heterocycles. The van der Waals surface area contributed by atoms with Crippen molar-refractivity contribution in [2.24, 2.45) is 0 Å². The number of fused-ring (bicyclic) bond motifs is 3. The van der Waals surface area contributed by atoms with Gasteiger partial charge in [0.2, 0.25) is 5.91 Å². The molecule has 0 saturated carbocycles. The number of benzene rings is 1. The molecular weight excluding hydrogens is 577 g/mol. The van der Waals surface area contributed by atoms with E-state index in [9.17, 15) is 14.4 Å². The first-order chi connectivity index (χ1) is 19.3. The van der Waals surface area contributed by atoms with E-state index in [-0.39, 0.29) is 31.1 Å². The van der Waals surface area contributed by atoms with Crippen LogP contribution in [0, 0.1) is 0 Å². The van der Waals surface area contributed by atoms with Gasteiger partial charge in [0.1, 0.15) is 29.6 Å². The summed E-state index contributed by atoms with van der Waals surface area (Å²) in [6.45, 7) is 1.79. The number of amides is 1. The van der Waals surface area contributed by atoms with E-state index in [1.165, 1.54) is 28.0 Å². The molecule has 1 aromatic carbocycles. The van der Waals surface area contributed by atoms with Gasteiger partial charge in [-0.15, -0.1) is 16.4 Å². The first-order valence-corrected chi connectivity index (χ1v) is 14.2. The molecule has 1 amide bonds. The van der Waals surface area contributed by atoms with Crippen LogP contribution in [0.1, 0.15) is 25.2 Å². The zero-order valence-corrected chi connectivity index (χ0v) is 23.8. The summed E-state index contributed by atoms with van der Waals surface area (Å²) in [6.07, 6.45) is 2.53. The first-order valence-electron chi connectivity index (χ1n) is 12.5. The Balaban J connectivity index is 1.29. The second kappa shape index (κ2) is 10.3. The third kappa shape index (κ3) is 4.36. The van der Waals surface area contributed by atoms with Crippen LogP contribution in [0.5, 0.6) is 0 Å². The molecule has 0 aliphatic carbocycles. The topological polar surface area (TPSA) is 117 Å². The number of carbonyl (C=O) groups is 2. The maximum absolute atomic E-state index is 13.6. The van der Waals surface area contributed by atoms with Crippen molar-refractivity contribution < 1.29 is 14.3 Å². The van der Waals surface area contributed by atoms with E-state index in [1.807, 2.05) is 28.8 Å². The largest absolute Gasteiger partial charge is 0.467 e. The van der Waals surface area contributed by atoms with E-state index in [2.05, 4.69) is 15.4 Å². The van der Waals surface area contributed by atoms with Crippen molar-refractivity contribution in [3.63, 3.8) is 0 Å². The summed E-state index contributed by atoms with van der Waals surface area (Å²) in [6, 6.07) is 7.79. The average molecular weight is 600 g/mol. The Labute approximate surface area is 241 Å². The van der Waals surface area contributed by atoms with Crippen molar-refractivity contribution in [3.05, 3.63) is 68.1 Å². The van der Waals surface area contributed by atoms with Crippen LogP contribution in [0.3, 0.4) is 0 Å². The van der Waals surface area contributed by atoms with E-state index in [0.717, 1.165) is 10.2 Å². The molecule has 206 valence electrons. The highest BCUT2D eigenvalue weighted by atomic mass is 35.5. The number of carbonyl (C=O) groups excluding carboxylic acids is 2. The number of hydrogen-bond donors (Lipinski definition) is 0. The zero-order chi connectivity index (χ0) is 28.1. The molecule has 11 nitrogen and oxygen atoms in total. The predicted molar refractivity (Wildman–Crippen MR) is 151 cm³/mol. The summed E-state index contributed by atoms with van der Waals surface area (Å²) in [4.78, 5) is 41.0. The van der Waals surface area contributed by atoms with E-state index in [0.29, 0.717) is 39.1 Å². The Morgan fingerprint density at radius 3 is 2.80 bits per heavy atom. The highest BCUT2D eigenvalue weighted by Crippen LogP contribution is 2.34. The molecule has 1 aliphatic heterocycles. The van der Waals surface area contributed by atoms with Crippen molar-refractivity contribution in [3.8, 4) is 11.3 Å². The van der Waals surface area contributed by atoms with Crippen LogP contribution in [-0.2, 0) is 27.3 Å². The minimum absolute atomic E-state index is 0.170. The molecule has 1 fully saturated rings. The predicted octanol–water partition coefficient (Wildman–Crippen LogP) is 3.85. The van der Waals surface area contributed by atoms with Gasteiger partial charge in [-0.1, -0.05) is 47.5 Å². The molecule has 2 atom stereocenters. The summed E-state index contributed by atoms with van der Waals surface area (Å²) < 4.78 is 10.6. The van der Waals surface area contributed by atoms with Crippen LogP contribution in [0.4, 0.5) is 0 Å². The Kier molecular flexibility index (Phi) is 6.85. The number of ether oxygens (including phenoxy) is 1. The number of esters is 1. The van der Waals surface area contributed by atoms with E-state index < -0.39 is 17.9 Å². The molecule has 0 spiro atoms. The molecule has 0 N–H and O–H groups in total. The molecule has 6 rings (SSSR count). The lowest BCUT2D eigenvalue weighted by Gasteiger charge is -2.22. The molecule has 1 aliphatic rings. The molecule has 1 saturated heterocycles. The SMILES string of the molecule is CCc1nn(CC(=O)N2C[C@H](n3cc(-c4cccc(Cl)c4Cl)nn3)C[C@H]2C(=O)OC)c(=O)c2cc3sccc3n12. The van der Waals surface area contributed by atoms with Crippen molar-refractivity contribution in [2.75, 3.05) is 13.7 Å². The van der Waals surface area contributed by atoms with Crippen molar-refractivity contribution in [1.29, 1.82) is 0 Å². The highest BCUT2D eigenvalue weighted by molar-refractivity contribution is 7.17. The van der Waals surface area contributed by atoms with Gasteiger partial charge in [-0.2, -0.15) is 5.10 Å². The quantitative estimate of drug-likeness (QED) is 0.272. The van der Waals surface area contributed by atoms with Gasteiger partial charge in [0, 0.05) is 24.9 Å². The number of rotatable bonds is 6. The van der Waals surface area contributed by atoms with Gasteiger partial charge in [0.05, 0.1) is 39.6 Å². The number of aryl methyl sites for hydroxylation is 1. The Morgan fingerprint density at radius 2 is 2.02 bits per heavy atom. The van der Waals surface area contributed by atoms with E-state index >= 15 is 0 Å². The van der Waals surface area contributed by atoms with Gasteiger partial charge in [-0.25, -0.2) is 14.2 Å². The third-order valence-electron chi connectivity index (χ3n) is 7.16. The smallest absolute Gasteiger partial charge is 0.328 e. The summed E-state index contributed by atoms with van der Waals surface area (Å²) >= 11 is 14.0. The molecular formula is C26H23Cl2N7O4S. The Morgan fingerprint density at radius 1 is 1.20 bits per heavy atom.